The van der Waals surface area contributed by atoms with Gasteiger partial charge in [-0.25, -0.2) is 8.78 Å². The maximum Gasteiger partial charge on any atom is 0.416 e. The van der Waals surface area contributed by atoms with Crippen molar-refractivity contribution in [3.63, 3.8) is 0 Å². The Balaban J connectivity index is 0.00000192. The predicted octanol–water partition coefficient (Wildman–Crippen LogP) is 3.85. The summed E-state index contributed by atoms with van der Waals surface area (Å²) in [6.07, 6.45) is -4.98. The lowest BCUT2D eigenvalue weighted by Crippen LogP contribution is -2.19. The molecule has 0 bridgehead atoms. The van der Waals surface area contributed by atoms with E-state index in [0.717, 1.165) is 12.1 Å². The second-order valence-electron chi connectivity index (χ2n) is 5.03. The molecule has 1 aromatic heterocycles. The fourth-order valence-electron chi connectivity index (χ4n) is 2.22. The number of hydrogen-bond donors (Lipinski definition) is 1. The average Bonchev–Trinajstić information content (AvgIpc) is 3.04. The summed E-state index contributed by atoms with van der Waals surface area (Å²) >= 11 is 0. The van der Waals surface area contributed by atoms with Crippen LogP contribution in [0.15, 0.2) is 28.8 Å². The summed E-state index contributed by atoms with van der Waals surface area (Å²) in [6.45, 7) is -0.501. The number of nitrogens with zero attached hydrogens (tertiary/aromatic N) is 2. The number of aromatic nitrogens is 2. The lowest BCUT2D eigenvalue weighted by molar-refractivity contribution is -0.137. The highest BCUT2D eigenvalue weighted by atomic mass is 35.5. The van der Waals surface area contributed by atoms with E-state index < -0.39 is 36.7 Å². The Morgan fingerprint density at radius 1 is 1.26 bits per heavy atom. The number of benzene rings is 1. The first-order valence-corrected chi connectivity index (χ1v) is 6.37. The van der Waals surface area contributed by atoms with E-state index in [1.54, 1.807) is 0 Å². The maximum absolute atomic E-state index is 13.1. The molecule has 1 fully saturated rings. The second-order valence-corrected chi connectivity index (χ2v) is 5.03. The van der Waals surface area contributed by atoms with Crippen molar-refractivity contribution in [2.75, 3.05) is 6.54 Å². The predicted molar refractivity (Wildman–Crippen MR) is 72.3 cm³/mol. The zero-order chi connectivity index (χ0) is 16.0. The van der Waals surface area contributed by atoms with Gasteiger partial charge in [0.25, 0.3) is 5.92 Å². The number of alkyl halides is 5. The van der Waals surface area contributed by atoms with E-state index in [1.165, 1.54) is 12.1 Å². The van der Waals surface area contributed by atoms with E-state index >= 15 is 0 Å². The third-order valence-corrected chi connectivity index (χ3v) is 3.30. The quantitative estimate of drug-likeness (QED) is 0.831. The summed E-state index contributed by atoms with van der Waals surface area (Å²) in [7, 11) is 0. The third-order valence-electron chi connectivity index (χ3n) is 3.30. The van der Waals surface area contributed by atoms with Crippen LogP contribution in [0.2, 0.25) is 0 Å². The van der Waals surface area contributed by atoms with Crippen LogP contribution < -0.4 is 5.32 Å². The van der Waals surface area contributed by atoms with E-state index in [4.69, 9.17) is 4.52 Å². The molecule has 1 atom stereocenters. The van der Waals surface area contributed by atoms with Gasteiger partial charge in [0.15, 0.2) is 0 Å². The molecule has 1 aliphatic heterocycles. The molecule has 126 valence electrons. The fraction of sp³-hybridized carbons (Fsp3) is 0.385. The molecule has 4 nitrogen and oxygen atoms in total. The molecule has 0 spiro atoms. The van der Waals surface area contributed by atoms with Crippen LogP contribution in [0.25, 0.3) is 11.4 Å². The Kier molecular flexibility index (Phi) is 4.63. The molecular formula is C13H11ClF5N3O. The summed E-state index contributed by atoms with van der Waals surface area (Å²) < 4.78 is 69.1. The molecule has 0 aliphatic carbocycles. The minimum absolute atomic E-state index is 0. The Morgan fingerprint density at radius 3 is 2.61 bits per heavy atom. The van der Waals surface area contributed by atoms with Gasteiger partial charge in [-0.15, -0.1) is 12.4 Å². The van der Waals surface area contributed by atoms with E-state index in [1.807, 2.05) is 0 Å². The summed E-state index contributed by atoms with van der Waals surface area (Å²) in [5.74, 6) is -3.00. The van der Waals surface area contributed by atoms with Crippen molar-refractivity contribution in [1.29, 1.82) is 0 Å². The van der Waals surface area contributed by atoms with Crippen molar-refractivity contribution in [3.05, 3.63) is 35.7 Å². The van der Waals surface area contributed by atoms with Gasteiger partial charge in [-0.2, -0.15) is 18.2 Å². The number of rotatable bonds is 2. The van der Waals surface area contributed by atoms with Crippen molar-refractivity contribution in [1.82, 2.24) is 15.5 Å². The van der Waals surface area contributed by atoms with Crippen LogP contribution in [0.1, 0.15) is 23.9 Å². The molecule has 1 aliphatic rings. The Bertz CT molecular complexity index is 688. The first kappa shape index (κ1) is 17.6. The molecular weight excluding hydrogens is 345 g/mol. The maximum atomic E-state index is 13.1. The van der Waals surface area contributed by atoms with Crippen LogP contribution in [0.3, 0.4) is 0 Å². The Morgan fingerprint density at radius 2 is 2.00 bits per heavy atom. The van der Waals surface area contributed by atoms with Crippen LogP contribution in [-0.4, -0.2) is 22.6 Å². The van der Waals surface area contributed by atoms with Crippen molar-refractivity contribution in [2.24, 2.45) is 0 Å². The van der Waals surface area contributed by atoms with Gasteiger partial charge in [0.2, 0.25) is 11.7 Å². The molecule has 1 saturated heterocycles. The zero-order valence-corrected chi connectivity index (χ0v) is 12.2. The molecule has 10 heteroatoms. The largest absolute Gasteiger partial charge is 0.416 e. The lowest BCUT2D eigenvalue weighted by atomic mass is 10.1. The Labute approximate surface area is 133 Å². The van der Waals surface area contributed by atoms with Gasteiger partial charge >= 0.3 is 6.18 Å². The van der Waals surface area contributed by atoms with E-state index in [0.29, 0.717) is 0 Å². The monoisotopic (exact) mass is 355 g/mol. The molecule has 2 aromatic rings. The van der Waals surface area contributed by atoms with Crippen molar-refractivity contribution in [2.45, 2.75) is 24.6 Å². The third kappa shape index (κ3) is 3.78. The molecule has 0 saturated carbocycles. The van der Waals surface area contributed by atoms with Gasteiger partial charge in [0, 0.05) is 12.0 Å². The van der Waals surface area contributed by atoms with E-state index in [9.17, 15) is 22.0 Å². The van der Waals surface area contributed by atoms with Gasteiger partial charge in [0.1, 0.15) is 0 Å². The summed E-state index contributed by atoms with van der Waals surface area (Å²) in [4.78, 5) is 3.91. The van der Waals surface area contributed by atoms with Gasteiger partial charge in [-0.1, -0.05) is 17.3 Å². The van der Waals surface area contributed by atoms with Crippen LogP contribution in [0.4, 0.5) is 22.0 Å². The van der Waals surface area contributed by atoms with Crippen LogP contribution in [0, 0.1) is 0 Å². The van der Waals surface area contributed by atoms with Crippen LogP contribution in [-0.2, 0) is 6.18 Å². The smallest absolute Gasteiger partial charge is 0.337 e. The number of hydrogen-bond acceptors (Lipinski definition) is 4. The first-order valence-electron chi connectivity index (χ1n) is 6.37. The summed E-state index contributed by atoms with van der Waals surface area (Å²) in [5, 5.41) is 6.10. The van der Waals surface area contributed by atoms with Crippen LogP contribution >= 0.6 is 12.4 Å². The van der Waals surface area contributed by atoms with Gasteiger partial charge in [-0.05, 0) is 12.1 Å². The molecule has 23 heavy (non-hydrogen) atoms. The highest BCUT2D eigenvalue weighted by Crippen LogP contribution is 2.35. The van der Waals surface area contributed by atoms with Crippen LogP contribution in [0.5, 0.6) is 0 Å². The van der Waals surface area contributed by atoms with E-state index in [2.05, 4.69) is 15.5 Å². The van der Waals surface area contributed by atoms with Gasteiger partial charge < -0.3 is 4.52 Å². The first-order chi connectivity index (χ1) is 10.2. The molecule has 1 unspecified atom stereocenters. The van der Waals surface area contributed by atoms with Crippen molar-refractivity contribution < 1.29 is 26.5 Å². The molecule has 2 heterocycles. The van der Waals surface area contributed by atoms with E-state index in [-0.39, 0.29) is 29.7 Å². The highest BCUT2D eigenvalue weighted by molar-refractivity contribution is 5.85. The summed E-state index contributed by atoms with van der Waals surface area (Å²) in [6, 6.07) is 3.60. The Hall–Kier alpha value is -1.74. The molecule has 1 aromatic carbocycles. The average molecular weight is 356 g/mol. The SMILES string of the molecule is Cl.FC1(F)CNC(c2nc(-c3cccc(C(F)(F)F)c3)no2)C1. The van der Waals surface area contributed by atoms with Gasteiger partial charge in [0.05, 0.1) is 18.2 Å². The molecule has 0 amide bonds. The van der Waals surface area contributed by atoms with Gasteiger partial charge in [-0.3, -0.25) is 5.32 Å². The van der Waals surface area contributed by atoms with Crippen molar-refractivity contribution in [3.8, 4) is 11.4 Å². The topological polar surface area (TPSA) is 51.0 Å². The minimum atomic E-state index is -4.49. The minimum Gasteiger partial charge on any atom is -0.337 e. The fourth-order valence-corrected chi connectivity index (χ4v) is 2.22. The molecule has 3 rings (SSSR count). The highest BCUT2D eigenvalue weighted by Gasteiger charge is 2.42. The standard InChI is InChI=1S/C13H10F5N3O.ClH/c14-12(15)5-9(19-6-12)11-20-10(21-22-11)7-2-1-3-8(4-7)13(16,17)18;/h1-4,9,19H,5-6H2;1H. The lowest BCUT2D eigenvalue weighted by Gasteiger charge is -2.06. The summed E-state index contributed by atoms with van der Waals surface area (Å²) in [5.41, 5.74) is -0.739. The van der Waals surface area contributed by atoms with Crippen molar-refractivity contribution >= 4 is 12.4 Å². The number of halogens is 6. The zero-order valence-electron chi connectivity index (χ0n) is 11.4. The molecule has 1 N–H and O–H groups in total. The number of nitrogens with one attached hydrogen (secondary N) is 1. The normalized spacial score (nSPS) is 20.3. The second kappa shape index (κ2) is 6.04. The molecule has 0 radical (unpaired) electrons.